The molecular formula is C20H33N3O4. The van der Waals surface area contributed by atoms with Gasteiger partial charge in [-0.15, -0.1) is 0 Å². The lowest BCUT2D eigenvalue weighted by atomic mass is 9.99. The molecule has 1 rings (SSSR count). The molecule has 0 heterocycles. The van der Waals surface area contributed by atoms with Gasteiger partial charge in [0.2, 0.25) is 0 Å². The number of benzene rings is 1. The van der Waals surface area contributed by atoms with E-state index in [9.17, 15) is 9.59 Å². The Labute approximate surface area is 162 Å². The van der Waals surface area contributed by atoms with Gasteiger partial charge in [0, 0.05) is 18.8 Å². The van der Waals surface area contributed by atoms with Crippen molar-refractivity contribution in [3.8, 4) is 0 Å². The third kappa shape index (κ3) is 11.0. The highest BCUT2D eigenvalue weighted by Gasteiger charge is 2.20. The van der Waals surface area contributed by atoms with Crippen LogP contribution in [0.1, 0.15) is 47.1 Å². The van der Waals surface area contributed by atoms with E-state index in [1.165, 1.54) is 0 Å². The average molecular weight is 380 g/mol. The topological polar surface area (TPSA) is 103 Å². The van der Waals surface area contributed by atoms with E-state index < -0.39 is 23.4 Å². The van der Waals surface area contributed by atoms with Crippen LogP contribution < -0.4 is 16.4 Å². The number of anilines is 1. The number of carbonyl (C=O) groups is 2. The highest BCUT2D eigenvalue weighted by atomic mass is 16.6. The highest BCUT2D eigenvalue weighted by Crippen LogP contribution is 2.12. The van der Waals surface area contributed by atoms with Gasteiger partial charge < -0.3 is 25.8 Å². The maximum absolute atomic E-state index is 11.9. The minimum absolute atomic E-state index is 0.0336. The van der Waals surface area contributed by atoms with E-state index in [4.69, 9.17) is 15.2 Å². The van der Waals surface area contributed by atoms with E-state index >= 15 is 0 Å². The number of nitrogen functional groups attached to an aromatic ring is 1. The van der Waals surface area contributed by atoms with Crippen LogP contribution in [0.2, 0.25) is 0 Å². The number of amides is 2. The molecule has 1 aromatic rings. The van der Waals surface area contributed by atoms with E-state index in [1.54, 1.807) is 0 Å². The zero-order valence-electron chi connectivity index (χ0n) is 17.2. The van der Waals surface area contributed by atoms with Crippen molar-refractivity contribution < 1.29 is 19.1 Å². The fourth-order valence-electron chi connectivity index (χ4n) is 2.29. The van der Waals surface area contributed by atoms with Crippen molar-refractivity contribution in [2.45, 2.75) is 59.2 Å². The number of rotatable bonds is 6. The molecule has 0 saturated carbocycles. The number of ether oxygens (including phenoxy) is 2. The summed E-state index contributed by atoms with van der Waals surface area (Å²) in [6, 6.07) is 7.52. The molecule has 0 saturated heterocycles. The van der Waals surface area contributed by atoms with E-state index in [2.05, 4.69) is 10.6 Å². The molecule has 0 aliphatic heterocycles. The van der Waals surface area contributed by atoms with Gasteiger partial charge in [0.25, 0.3) is 0 Å². The van der Waals surface area contributed by atoms with E-state index in [0.29, 0.717) is 25.2 Å². The summed E-state index contributed by atoms with van der Waals surface area (Å²) >= 11 is 0. The molecule has 0 aliphatic rings. The predicted octanol–water partition coefficient (Wildman–Crippen LogP) is 3.48. The van der Waals surface area contributed by atoms with Crippen LogP contribution >= 0.6 is 0 Å². The van der Waals surface area contributed by atoms with Crippen molar-refractivity contribution in [2.75, 3.05) is 18.8 Å². The van der Waals surface area contributed by atoms with Gasteiger partial charge in [-0.2, -0.15) is 0 Å². The molecule has 0 unspecified atom stereocenters. The summed E-state index contributed by atoms with van der Waals surface area (Å²) in [6.07, 6.45) is -0.310. The summed E-state index contributed by atoms with van der Waals surface area (Å²) in [5, 5.41) is 5.53. The number of hydrogen-bond acceptors (Lipinski definition) is 5. The largest absolute Gasteiger partial charge is 0.444 e. The van der Waals surface area contributed by atoms with Gasteiger partial charge in [-0.1, -0.05) is 12.1 Å². The van der Waals surface area contributed by atoms with Crippen LogP contribution in [0, 0.1) is 5.92 Å². The fourth-order valence-corrected chi connectivity index (χ4v) is 2.29. The van der Waals surface area contributed by atoms with Gasteiger partial charge in [0.15, 0.2) is 0 Å². The molecular weight excluding hydrogens is 346 g/mol. The van der Waals surface area contributed by atoms with E-state index in [0.717, 1.165) is 5.56 Å². The average Bonchev–Trinajstić information content (AvgIpc) is 2.48. The summed E-state index contributed by atoms with van der Waals surface area (Å²) in [6.45, 7) is 11.6. The molecule has 0 spiro atoms. The third-order valence-electron chi connectivity index (χ3n) is 3.37. The van der Waals surface area contributed by atoms with Crippen LogP contribution in [-0.4, -0.2) is 36.5 Å². The minimum Gasteiger partial charge on any atom is -0.444 e. The van der Waals surface area contributed by atoms with Crippen LogP contribution in [-0.2, 0) is 15.9 Å². The van der Waals surface area contributed by atoms with Gasteiger partial charge in [0.05, 0.1) is 0 Å². The number of nitrogens with one attached hydrogen (secondary N) is 2. The van der Waals surface area contributed by atoms with Gasteiger partial charge in [0.1, 0.15) is 11.2 Å². The van der Waals surface area contributed by atoms with Crippen molar-refractivity contribution in [3.63, 3.8) is 0 Å². The minimum atomic E-state index is -0.564. The Bertz CT molecular complexity index is 584. The lowest BCUT2D eigenvalue weighted by molar-refractivity contribution is 0.0509. The zero-order chi connectivity index (χ0) is 20.7. The van der Waals surface area contributed by atoms with Crippen molar-refractivity contribution in [2.24, 2.45) is 5.92 Å². The summed E-state index contributed by atoms with van der Waals surface area (Å²) < 4.78 is 10.5. The molecule has 0 atom stereocenters. The van der Waals surface area contributed by atoms with E-state index in [-0.39, 0.29) is 5.92 Å². The molecule has 0 bridgehead atoms. The third-order valence-corrected chi connectivity index (χ3v) is 3.37. The molecule has 7 nitrogen and oxygen atoms in total. The number of carbonyl (C=O) groups excluding carboxylic acids is 2. The van der Waals surface area contributed by atoms with Crippen LogP contribution in [0.4, 0.5) is 15.3 Å². The maximum atomic E-state index is 11.9. The Kier molecular flexibility index (Phi) is 7.94. The number of alkyl carbamates (subject to hydrolysis) is 2. The van der Waals surface area contributed by atoms with E-state index in [1.807, 2.05) is 65.8 Å². The van der Waals surface area contributed by atoms with Crippen molar-refractivity contribution in [1.29, 1.82) is 0 Å². The second kappa shape index (κ2) is 9.48. The maximum Gasteiger partial charge on any atom is 0.407 e. The van der Waals surface area contributed by atoms with Crippen molar-refractivity contribution >= 4 is 17.9 Å². The number of hydrogen-bond donors (Lipinski definition) is 3. The highest BCUT2D eigenvalue weighted by molar-refractivity contribution is 5.68. The van der Waals surface area contributed by atoms with Crippen molar-refractivity contribution in [3.05, 3.63) is 29.8 Å². The molecule has 7 heteroatoms. The molecule has 1 aromatic carbocycles. The lowest BCUT2D eigenvalue weighted by Gasteiger charge is -2.23. The first-order chi connectivity index (χ1) is 12.3. The first kappa shape index (κ1) is 22.6. The van der Waals surface area contributed by atoms with Gasteiger partial charge in [-0.3, -0.25) is 0 Å². The number of nitrogens with two attached hydrogens (primary N) is 1. The SMILES string of the molecule is CC(C)(C)OC(=O)NCC(CNC(=O)OC(C)(C)C)Cc1ccc(N)cc1. The first-order valence-corrected chi connectivity index (χ1v) is 9.12. The van der Waals surface area contributed by atoms with Crippen LogP contribution in [0.15, 0.2) is 24.3 Å². The van der Waals surface area contributed by atoms with Crippen LogP contribution in [0.5, 0.6) is 0 Å². The monoisotopic (exact) mass is 379 g/mol. The Balaban J connectivity index is 2.66. The summed E-state index contributed by atoms with van der Waals surface area (Å²) in [5.41, 5.74) is 6.35. The molecule has 0 radical (unpaired) electrons. The van der Waals surface area contributed by atoms with Crippen LogP contribution in [0.3, 0.4) is 0 Å². The standard InChI is InChI=1S/C20H33N3O4/c1-19(2,3)26-17(24)22-12-15(11-14-7-9-16(21)10-8-14)13-23-18(25)27-20(4,5)6/h7-10,15H,11-13,21H2,1-6H3,(H,22,24)(H,23,25). The zero-order valence-corrected chi connectivity index (χ0v) is 17.2. The summed E-state index contributed by atoms with van der Waals surface area (Å²) in [4.78, 5) is 23.8. The Hall–Kier alpha value is -2.44. The second-order valence-corrected chi connectivity index (χ2v) is 8.58. The predicted molar refractivity (Wildman–Crippen MR) is 107 cm³/mol. The molecule has 152 valence electrons. The normalized spacial score (nSPS) is 11.8. The van der Waals surface area contributed by atoms with Crippen molar-refractivity contribution in [1.82, 2.24) is 10.6 Å². The Morgan fingerprint density at radius 1 is 0.889 bits per heavy atom. The molecule has 0 aromatic heterocycles. The molecule has 0 fully saturated rings. The first-order valence-electron chi connectivity index (χ1n) is 9.12. The molecule has 4 N–H and O–H groups in total. The summed E-state index contributed by atoms with van der Waals surface area (Å²) in [5.74, 6) is -0.0336. The van der Waals surface area contributed by atoms with Gasteiger partial charge >= 0.3 is 12.2 Å². The Morgan fingerprint density at radius 3 is 1.67 bits per heavy atom. The second-order valence-electron chi connectivity index (χ2n) is 8.58. The quantitative estimate of drug-likeness (QED) is 0.657. The van der Waals surface area contributed by atoms with Gasteiger partial charge in [-0.05, 0) is 71.6 Å². The Morgan fingerprint density at radius 2 is 1.30 bits per heavy atom. The lowest BCUT2D eigenvalue weighted by Crippen LogP contribution is -2.41. The summed E-state index contributed by atoms with van der Waals surface area (Å²) in [7, 11) is 0. The van der Waals surface area contributed by atoms with Crippen LogP contribution in [0.25, 0.3) is 0 Å². The van der Waals surface area contributed by atoms with Gasteiger partial charge in [-0.25, -0.2) is 9.59 Å². The molecule has 27 heavy (non-hydrogen) atoms. The smallest absolute Gasteiger partial charge is 0.407 e. The molecule has 0 aliphatic carbocycles. The fraction of sp³-hybridized carbons (Fsp3) is 0.600. The molecule has 2 amide bonds.